The molecule has 3 aromatic carbocycles. The van der Waals surface area contributed by atoms with E-state index in [0.717, 1.165) is 16.7 Å². The molecule has 9 nitrogen and oxygen atoms in total. The summed E-state index contributed by atoms with van der Waals surface area (Å²) in [7, 11) is 0. The second-order valence-corrected chi connectivity index (χ2v) is 8.90. The first-order chi connectivity index (χ1) is 17.7. The molecule has 7 N–H and O–H groups in total. The topological polar surface area (TPSA) is 154 Å². The van der Waals surface area contributed by atoms with Crippen molar-refractivity contribution in [1.82, 2.24) is 10.6 Å². The molecule has 0 aliphatic heterocycles. The predicted octanol–water partition coefficient (Wildman–Crippen LogP) is 2.17. The summed E-state index contributed by atoms with van der Waals surface area (Å²) in [6, 6.07) is 19.2. The average molecular weight is 505 g/mol. The standard InChI is InChI=1S/C28H32N4O5/c1-18(30-16-26(35)23-9-10-25(34)24(14-23)32-17-33)11-20-3-2-4-21(12-20)13-27(36)31-15-19-5-7-22(8-6-19)28(29)37/h2-10,12,14,17-18,26,30,34-35H,11,13,15-16H2,1H3,(H2,29,37)(H,31,36)(H,32,33)/t18-,26-/m1/s1. The summed E-state index contributed by atoms with van der Waals surface area (Å²) in [5, 5.41) is 28.8. The zero-order chi connectivity index (χ0) is 26.8. The van der Waals surface area contributed by atoms with Crippen LogP contribution in [0.2, 0.25) is 0 Å². The lowest BCUT2D eigenvalue weighted by Crippen LogP contribution is -2.32. The summed E-state index contributed by atoms with van der Waals surface area (Å²) < 4.78 is 0. The van der Waals surface area contributed by atoms with E-state index in [2.05, 4.69) is 16.0 Å². The SMILES string of the molecule is C[C@H](Cc1cccc(CC(=O)NCc2ccc(C(N)=O)cc2)c1)NC[C@@H](O)c1ccc(O)c(NC=O)c1. The Bertz CT molecular complexity index is 1230. The Balaban J connectivity index is 1.47. The van der Waals surface area contributed by atoms with Crippen molar-refractivity contribution >= 4 is 23.9 Å². The molecule has 0 aromatic heterocycles. The van der Waals surface area contributed by atoms with Gasteiger partial charge >= 0.3 is 0 Å². The van der Waals surface area contributed by atoms with Gasteiger partial charge in [-0.1, -0.05) is 42.5 Å². The highest BCUT2D eigenvalue weighted by molar-refractivity contribution is 5.92. The molecule has 37 heavy (non-hydrogen) atoms. The number of carbonyl (C=O) groups is 3. The van der Waals surface area contributed by atoms with Gasteiger partial charge in [0.1, 0.15) is 5.75 Å². The van der Waals surface area contributed by atoms with Crippen LogP contribution in [-0.4, -0.2) is 41.0 Å². The highest BCUT2D eigenvalue weighted by Gasteiger charge is 2.13. The van der Waals surface area contributed by atoms with E-state index in [0.29, 0.717) is 30.5 Å². The average Bonchev–Trinajstić information content (AvgIpc) is 2.88. The quantitative estimate of drug-likeness (QED) is 0.155. The number of phenolic OH excluding ortho intramolecular Hbond substituents is 1. The maximum atomic E-state index is 12.4. The van der Waals surface area contributed by atoms with Crippen LogP contribution >= 0.6 is 0 Å². The molecule has 0 aliphatic carbocycles. The van der Waals surface area contributed by atoms with Crippen molar-refractivity contribution in [3.63, 3.8) is 0 Å². The lowest BCUT2D eigenvalue weighted by atomic mass is 10.0. The normalized spacial score (nSPS) is 12.4. The van der Waals surface area contributed by atoms with E-state index in [4.69, 9.17) is 5.73 Å². The molecule has 0 bridgehead atoms. The van der Waals surface area contributed by atoms with Crippen molar-refractivity contribution in [2.45, 2.75) is 38.5 Å². The third-order valence-electron chi connectivity index (χ3n) is 5.91. The first-order valence-corrected chi connectivity index (χ1v) is 11.9. The van der Waals surface area contributed by atoms with Gasteiger partial charge in [0.25, 0.3) is 0 Å². The summed E-state index contributed by atoms with van der Waals surface area (Å²) in [6.45, 7) is 2.65. The second-order valence-electron chi connectivity index (χ2n) is 8.90. The highest BCUT2D eigenvalue weighted by Crippen LogP contribution is 2.26. The zero-order valence-electron chi connectivity index (χ0n) is 20.6. The van der Waals surface area contributed by atoms with Gasteiger partial charge in [0.2, 0.25) is 18.2 Å². The molecule has 194 valence electrons. The van der Waals surface area contributed by atoms with E-state index in [-0.39, 0.29) is 36.4 Å². The number of nitrogens with two attached hydrogens (primary N) is 1. The van der Waals surface area contributed by atoms with Crippen molar-refractivity contribution in [3.05, 3.63) is 94.5 Å². The molecular weight excluding hydrogens is 472 g/mol. The van der Waals surface area contributed by atoms with Crippen LogP contribution in [-0.2, 0) is 29.0 Å². The third kappa shape index (κ3) is 8.45. The van der Waals surface area contributed by atoms with Crippen molar-refractivity contribution in [1.29, 1.82) is 0 Å². The molecule has 0 unspecified atom stereocenters. The summed E-state index contributed by atoms with van der Waals surface area (Å²) in [6.07, 6.45) is 0.583. The summed E-state index contributed by atoms with van der Waals surface area (Å²) in [5.41, 5.74) is 9.30. The predicted molar refractivity (Wildman–Crippen MR) is 141 cm³/mol. The van der Waals surface area contributed by atoms with Gasteiger partial charge in [-0.25, -0.2) is 0 Å². The first-order valence-electron chi connectivity index (χ1n) is 11.9. The lowest BCUT2D eigenvalue weighted by Gasteiger charge is -2.18. The first kappa shape index (κ1) is 27.4. The minimum atomic E-state index is -0.822. The van der Waals surface area contributed by atoms with Gasteiger partial charge in [0.15, 0.2) is 0 Å². The van der Waals surface area contributed by atoms with E-state index in [9.17, 15) is 24.6 Å². The van der Waals surface area contributed by atoms with Crippen LogP contribution in [0.15, 0.2) is 66.7 Å². The molecule has 0 fully saturated rings. The third-order valence-corrected chi connectivity index (χ3v) is 5.91. The molecule has 0 aliphatic rings. The number of aliphatic hydroxyl groups is 1. The van der Waals surface area contributed by atoms with Gasteiger partial charge in [-0.3, -0.25) is 14.4 Å². The molecule has 0 spiro atoms. The smallest absolute Gasteiger partial charge is 0.248 e. The number of hydrogen-bond acceptors (Lipinski definition) is 6. The van der Waals surface area contributed by atoms with Crippen molar-refractivity contribution < 1.29 is 24.6 Å². The number of aliphatic hydroxyl groups excluding tert-OH is 1. The number of hydrogen-bond donors (Lipinski definition) is 6. The largest absolute Gasteiger partial charge is 0.506 e. The number of carbonyl (C=O) groups excluding carboxylic acids is 3. The number of nitrogens with one attached hydrogen (secondary N) is 3. The molecule has 0 saturated heterocycles. The number of amides is 3. The van der Waals surface area contributed by atoms with Crippen molar-refractivity contribution in [2.24, 2.45) is 5.73 Å². The van der Waals surface area contributed by atoms with E-state index < -0.39 is 12.0 Å². The maximum Gasteiger partial charge on any atom is 0.248 e. The van der Waals surface area contributed by atoms with Crippen LogP contribution in [0.25, 0.3) is 0 Å². The zero-order valence-corrected chi connectivity index (χ0v) is 20.6. The molecule has 0 radical (unpaired) electrons. The van der Waals surface area contributed by atoms with Gasteiger partial charge in [0.05, 0.1) is 18.2 Å². The van der Waals surface area contributed by atoms with Crippen LogP contribution in [0.5, 0.6) is 5.75 Å². The van der Waals surface area contributed by atoms with E-state index in [1.165, 1.54) is 12.1 Å². The molecular formula is C28H32N4O5. The van der Waals surface area contributed by atoms with Gasteiger partial charge in [-0.15, -0.1) is 0 Å². The minimum absolute atomic E-state index is 0.0480. The van der Waals surface area contributed by atoms with Crippen LogP contribution in [0.3, 0.4) is 0 Å². The van der Waals surface area contributed by atoms with Gasteiger partial charge in [-0.05, 0) is 59.9 Å². The molecule has 2 atom stereocenters. The number of benzene rings is 3. The Morgan fingerprint density at radius 2 is 1.73 bits per heavy atom. The fraction of sp³-hybridized carbons (Fsp3) is 0.250. The summed E-state index contributed by atoms with van der Waals surface area (Å²) in [4.78, 5) is 34.3. The molecule has 3 amide bonds. The number of aromatic hydroxyl groups is 1. The van der Waals surface area contributed by atoms with E-state index in [1.807, 2.05) is 31.2 Å². The number of anilines is 1. The Labute approximate surface area is 215 Å². The van der Waals surface area contributed by atoms with E-state index >= 15 is 0 Å². The Hall–Kier alpha value is -4.21. The van der Waals surface area contributed by atoms with Crippen molar-refractivity contribution in [2.75, 3.05) is 11.9 Å². The Morgan fingerprint density at radius 1 is 1.00 bits per heavy atom. The van der Waals surface area contributed by atoms with Gasteiger partial charge in [0, 0.05) is 24.7 Å². The Kier molecular flexibility index (Phi) is 9.76. The van der Waals surface area contributed by atoms with Crippen LogP contribution < -0.4 is 21.7 Å². The molecule has 9 heteroatoms. The number of rotatable bonds is 13. The van der Waals surface area contributed by atoms with Crippen molar-refractivity contribution in [3.8, 4) is 5.75 Å². The van der Waals surface area contributed by atoms with E-state index in [1.54, 1.807) is 30.3 Å². The lowest BCUT2D eigenvalue weighted by molar-refractivity contribution is -0.120. The fourth-order valence-corrected chi connectivity index (χ4v) is 3.90. The maximum absolute atomic E-state index is 12.4. The van der Waals surface area contributed by atoms with Gasteiger partial charge < -0.3 is 31.9 Å². The molecule has 3 aromatic rings. The summed E-state index contributed by atoms with van der Waals surface area (Å²) in [5.74, 6) is -0.671. The number of primary amides is 1. The highest BCUT2D eigenvalue weighted by atomic mass is 16.3. The molecule has 3 rings (SSSR count). The van der Waals surface area contributed by atoms with Crippen LogP contribution in [0.1, 0.15) is 45.6 Å². The van der Waals surface area contributed by atoms with Gasteiger partial charge in [-0.2, -0.15) is 0 Å². The monoisotopic (exact) mass is 504 g/mol. The molecule has 0 saturated carbocycles. The molecule has 0 heterocycles. The second kappa shape index (κ2) is 13.2. The summed E-state index contributed by atoms with van der Waals surface area (Å²) >= 11 is 0. The van der Waals surface area contributed by atoms with Crippen LogP contribution in [0, 0.1) is 0 Å². The fourth-order valence-electron chi connectivity index (χ4n) is 3.90. The number of phenols is 1. The Morgan fingerprint density at radius 3 is 2.43 bits per heavy atom. The minimum Gasteiger partial charge on any atom is -0.506 e. The van der Waals surface area contributed by atoms with Crippen LogP contribution in [0.4, 0.5) is 5.69 Å².